The van der Waals surface area contributed by atoms with Gasteiger partial charge in [0.25, 0.3) is 0 Å². The molecule has 3 amide bonds. The van der Waals surface area contributed by atoms with Crippen LogP contribution >= 0.6 is 0 Å². The van der Waals surface area contributed by atoms with Gasteiger partial charge in [0.05, 0.1) is 11.2 Å². The van der Waals surface area contributed by atoms with Crippen LogP contribution in [-0.4, -0.2) is 62.1 Å². The third kappa shape index (κ3) is 8.74. The van der Waals surface area contributed by atoms with Crippen molar-refractivity contribution in [1.29, 1.82) is 0 Å². The Hall–Kier alpha value is -5.55. The molecule has 2 aromatic heterocycles. The zero-order valence-electron chi connectivity index (χ0n) is 30.8. The molecule has 2 aliphatic heterocycles. The Morgan fingerprint density at radius 3 is 2.36 bits per heavy atom. The van der Waals surface area contributed by atoms with Crippen molar-refractivity contribution in [3.05, 3.63) is 108 Å². The summed E-state index contributed by atoms with van der Waals surface area (Å²) in [6.07, 6.45) is 6.28. The van der Waals surface area contributed by atoms with Gasteiger partial charge in [-0.15, -0.1) is 0 Å². The summed E-state index contributed by atoms with van der Waals surface area (Å²) in [5, 5.41) is 13.0. The molecule has 1 atom stereocenters. The molecule has 11 heteroatoms. The average molecular weight is 714 g/mol. The number of nitrogens with zero attached hydrogens (tertiary/aromatic N) is 4. The summed E-state index contributed by atoms with van der Waals surface area (Å²) in [6.45, 7) is 10.9. The smallest absolute Gasteiger partial charge is 0.407 e. The van der Waals surface area contributed by atoms with Crippen LogP contribution in [0.4, 0.5) is 10.5 Å². The Morgan fingerprint density at radius 1 is 0.925 bits per heavy atom. The van der Waals surface area contributed by atoms with E-state index in [9.17, 15) is 14.4 Å². The Balaban J connectivity index is 0.937. The van der Waals surface area contributed by atoms with Crippen molar-refractivity contribution in [3.8, 4) is 22.4 Å². The number of hydrogen-bond donors (Lipinski definition) is 3. The minimum Gasteiger partial charge on any atom is -0.444 e. The van der Waals surface area contributed by atoms with Gasteiger partial charge >= 0.3 is 6.09 Å². The maximum atomic E-state index is 12.2. The normalized spacial score (nSPS) is 17.1. The van der Waals surface area contributed by atoms with Gasteiger partial charge in [-0.3, -0.25) is 19.8 Å². The van der Waals surface area contributed by atoms with Crippen LogP contribution in [-0.2, 0) is 27.4 Å². The molecule has 0 spiro atoms. The molecule has 2 aliphatic rings. The number of likely N-dealkylation sites (tertiary alicyclic amines) is 1. The van der Waals surface area contributed by atoms with Gasteiger partial charge in [0.15, 0.2) is 0 Å². The lowest BCUT2D eigenvalue weighted by Crippen LogP contribution is -2.47. The van der Waals surface area contributed by atoms with Crippen molar-refractivity contribution in [2.24, 2.45) is 0 Å². The lowest BCUT2D eigenvalue weighted by molar-refractivity contribution is -0.133. The molecular weight excluding hydrogens is 667 g/mol. The fourth-order valence-corrected chi connectivity index (χ4v) is 7.20. The lowest BCUT2D eigenvalue weighted by atomic mass is 9.89. The third-order valence-corrected chi connectivity index (χ3v) is 10.1. The molecule has 0 aliphatic carbocycles. The van der Waals surface area contributed by atoms with Gasteiger partial charge in [-0.1, -0.05) is 48.5 Å². The molecular formula is C42H47N7O4. The summed E-state index contributed by atoms with van der Waals surface area (Å²) in [6, 6.07) is 25.1. The summed E-state index contributed by atoms with van der Waals surface area (Å²) in [5.74, 6) is 0.0576. The van der Waals surface area contributed by atoms with Crippen LogP contribution in [0.15, 0.2) is 85.3 Å². The highest BCUT2D eigenvalue weighted by Crippen LogP contribution is 2.32. The molecule has 0 saturated carbocycles. The van der Waals surface area contributed by atoms with E-state index in [0.717, 1.165) is 77.2 Å². The molecule has 53 heavy (non-hydrogen) atoms. The monoisotopic (exact) mass is 713 g/mol. The van der Waals surface area contributed by atoms with Crippen molar-refractivity contribution in [1.82, 2.24) is 30.1 Å². The first kappa shape index (κ1) is 35.8. The van der Waals surface area contributed by atoms with E-state index >= 15 is 0 Å². The Kier molecular flexibility index (Phi) is 10.3. The van der Waals surface area contributed by atoms with Crippen LogP contribution in [0.5, 0.6) is 0 Å². The Bertz CT molecular complexity index is 2110. The minimum atomic E-state index is -0.544. The van der Waals surface area contributed by atoms with Crippen molar-refractivity contribution in [3.63, 3.8) is 0 Å². The highest BCUT2D eigenvalue weighted by molar-refractivity contribution is 6.01. The van der Waals surface area contributed by atoms with Gasteiger partial charge < -0.3 is 15.4 Å². The van der Waals surface area contributed by atoms with Gasteiger partial charge in [-0.05, 0) is 118 Å². The summed E-state index contributed by atoms with van der Waals surface area (Å²) in [4.78, 5) is 42.9. The highest BCUT2D eigenvalue weighted by atomic mass is 16.6. The zero-order chi connectivity index (χ0) is 37.1. The predicted molar refractivity (Wildman–Crippen MR) is 205 cm³/mol. The number of aromatic nitrogens is 3. The van der Waals surface area contributed by atoms with E-state index in [4.69, 9.17) is 4.74 Å². The second-order valence-corrected chi connectivity index (χ2v) is 15.2. The quantitative estimate of drug-likeness (QED) is 0.139. The lowest BCUT2D eigenvalue weighted by Gasteiger charge is -2.32. The number of nitrogens with one attached hydrogen (secondary N) is 3. The van der Waals surface area contributed by atoms with E-state index in [0.29, 0.717) is 25.3 Å². The molecule has 2 saturated heterocycles. The van der Waals surface area contributed by atoms with Gasteiger partial charge in [0.2, 0.25) is 11.8 Å². The topological polar surface area (TPSA) is 130 Å². The fourth-order valence-electron chi connectivity index (χ4n) is 7.20. The number of piperidine rings is 2. The number of alkyl carbamates (subject to hydrolysis) is 1. The van der Waals surface area contributed by atoms with Crippen LogP contribution < -0.4 is 16.0 Å². The number of carbonyl (C=O) groups excluding carboxylic acids is 3. The van der Waals surface area contributed by atoms with Gasteiger partial charge in [-0.2, -0.15) is 5.10 Å². The second kappa shape index (κ2) is 15.2. The van der Waals surface area contributed by atoms with E-state index in [-0.39, 0.29) is 17.9 Å². The molecule has 0 bridgehead atoms. The number of carbonyl (C=O) groups is 3. The third-order valence-electron chi connectivity index (χ3n) is 10.1. The Labute approximate surface area is 310 Å². The first-order valence-corrected chi connectivity index (χ1v) is 18.4. The van der Waals surface area contributed by atoms with Gasteiger partial charge in [-0.25, -0.2) is 14.3 Å². The maximum absolute atomic E-state index is 12.2. The number of anilines is 1. The zero-order valence-corrected chi connectivity index (χ0v) is 30.8. The largest absolute Gasteiger partial charge is 0.444 e. The van der Waals surface area contributed by atoms with Crippen LogP contribution in [0, 0.1) is 6.92 Å². The summed E-state index contributed by atoms with van der Waals surface area (Å²) < 4.78 is 7.25. The van der Waals surface area contributed by atoms with Crippen molar-refractivity contribution in [2.45, 2.75) is 84.0 Å². The van der Waals surface area contributed by atoms with Crippen LogP contribution in [0.3, 0.4) is 0 Å². The molecule has 1 unspecified atom stereocenters. The van der Waals surface area contributed by atoms with Crippen LogP contribution in [0.2, 0.25) is 0 Å². The molecule has 2 fully saturated rings. The first-order chi connectivity index (χ1) is 25.5. The molecule has 7 rings (SSSR count). The predicted octanol–water partition coefficient (Wildman–Crippen LogP) is 6.99. The minimum absolute atomic E-state index is 0.202. The number of aryl methyl sites for hydroxylation is 1. The number of hydrogen-bond acceptors (Lipinski definition) is 8. The number of benzene rings is 3. The summed E-state index contributed by atoms with van der Waals surface area (Å²) >= 11 is 0. The van der Waals surface area contributed by atoms with Crippen molar-refractivity contribution in [2.75, 3.05) is 18.4 Å². The number of ether oxygens (including phenoxy) is 1. The SMILES string of the molecule is Cc1cc(-c2ncnn3cc(-c4ccc(CN5CCC(c6ccc(NC7CCC(=O)NC7=O)cc6)CC5)cc4)cc23)ccc1CNC(=O)OC(C)(C)C. The van der Waals surface area contributed by atoms with Crippen LogP contribution in [0.25, 0.3) is 27.9 Å². The molecule has 3 N–H and O–H groups in total. The van der Waals surface area contributed by atoms with E-state index < -0.39 is 11.7 Å². The van der Waals surface area contributed by atoms with Crippen LogP contribution in [0.1, 0.15) is 74.6 Å². The van der Waals surface area contributed by atoms with E-state index in [2.05, 4.69) is 79.5 Å². The highest BCUT2D eigenvalue weighted by Gasteiger charge is 2.27. The summed E-state index contributed by atoms with van der Waals surface area (Å²) in [5.41, 5.74) is 10.00. The average Bonchev–Trinajstić information content (AvgIpc) is 3.57. The van der Waals surface area contributed by atoms with E-state index in [1.54, 1.807) is 6.33 Å². The molecule has 4 heterocycles. The number of fused-ring (bicyclic) bond motifs is 1. The van der Waals surface area contributed by atoms with E-state index in [1.165, 1.54) is 11.1 Å². The number of imide groups is 1. The fraction of sp³-hybridized carbons (Fsp3) is 0.357. The Morgan fingerprint density at radius 2 is 1.66 bits per heavy atom. The molecule has 5 aromatic rings. The molecule has 11 nitrogen and oxygen atoms in total. The number of rotatable bonds is 9. The van der Waals surface area contributed by atoms with Gasteiger partial charge in [0.1, 0.15) is 18.0 Å². The maximum Gasteiger partial charge on any atom is 0.407 e. The first-order valence-electron chi connectivity index (χ1n) is 18.4. The van der Waals surface area contributed by atoms with Gasteiger partial charge in [0, 0.05) is 42.5 Å². The molecule has 3 aromatic carbocycles. The van der Waals surface area contributed by atoms with E-state index in [1.807, 2.05) is 62.7 Å². The standard InChI is InChI=1S/C42H47N7O4/c1-27-21-32(9-10-33(27)23-43-41(52)53-42(2,3)4)39-37-22-34(25-49(37)45-26-44-39)30-7-5-28(6-8-30)24-48-19-17-31(18-20-48)29-11-13-35(14-12-29)46-36-15-16-38(50)47-40(36)51/h5-14,21-22,25-26,31,36,46H,15-20,23-24H2,1-4H3,(H,43,52)(H,47,50,51). The molecule has 0 radical (unpaired) electrons. The summed E-state index contributed by atoms with van der Waals surface area (Å²) in [7, 11) is 0. The van der Waals surface area contributed by atoms with Crippen molar-refractivity contribution >= 4 is 29.1 Å². The number of amides is 3. The molecule has 274 valence electrons. The second-order valence-electron chi connectivity index (χ2n) is 15.2. The van der Waals surface area contributed by atoms with Crippen molar-refractivity contribution < 1.29 is 19.1 Å².